The van der Waals surface area contributed by atoms with E-state index in [1.807, 2.05) is 0 Å². The van der Waals surface area contributed by atoms with Crippen molar-refractivity contribution in [1.82, 2.24) is 0 Å². The molecular weight excluding hydrogens is 260 g/mol. The maximum atomic E-state index is 10.9. The highest BCUT2D eigenvalue weighted by molar-refractivity contribution is 5.29. The predicted molar refractivity (Wildman–Crippen MR) is 84.0 cm³/mol. The van der Waals surface area contributed by atoms with E-state index in [4.69, 9.17) is 4.74 Å². The fourth-order valence-electron chi connectivity index (χ4n) is 6.36. The molecular formula is C19H30O2. The fraction of sp³-hybridized carbons (Fsp3) is 0.895. The third-order valence-electron chi connectivity index (χ3n) is 7.63. The molecule has 0 amide bonds. The van der Waals surface area contributed by atoms with Crippen molar-refractivity contribution in [3.05, 3.63) is 11.6 Å². The Balaban J connectivity index is 1.74. The van der Waals surface area contributed by atoms with Crippen LogP contribution in [0.4, 0.5) is 0 Å². The number of allylic oxidation sites excluding steroid dienone is 1. The van der Waals surface area contributed by atoms with E-state index in [1.54, 1.807) is 5.57 Å². The van der Waals surface area contributed by atoms with Gasteiger partial charge in [0.1, 0.15) is 0 Å². The van der Waals surface area contributed by atoms with E-state index in [0.717, 1.165) is 19.4 Å². The van der Waals surface area contributed by atoms with Gasteiger partial charge in [-0.25, -0.2) is 0 Å². The Hall–Kier alpha value is -0.340. The molecule has 1 aliphatic heterocycles. The van der Waals surface area contributed by atoms with Crippen molar-refractivity contribution in [2.24, 2.45) is 22.7 Å². The van der Waals surface area contributed by atoms with Gasteiger partial charge in [0.2, 0.25) is 0 Å². The summed E-state index contributed by atoms with van der Waals surface area (Å²) in [5.74, 6) is 1.07. The summed E-state index contributed by atoms with van der Waals surface area (Å²) >= 11 is 0. The van der Waals surface area contributed by atoms with Gasteiger partial charge in [-0.1, -0.05) is 26.3 Å². The lowest BCUT2D eigenvalue weighted by molar-refractivity contribution is -0.126. The van der Waals surface area contributed by atoms with Crippen LogP contribution < -0.4 is 0 Å². The molecule has 0 bridgehead atoms. The van der Waals surface area contributed by atoms with E-state index in [0.29, 0.717) is 23.4 Å². The normalized spacial score (nSPS) is 56.2. The molecule has 0 aromatic rings. The molecule has 1 saturated heterocycles. The number of fused-ring (bicyclic) bond motifs is 5. The maximum absolute atomic E-state index is 10.9. The van der Waals surface area contributed by atoms with Gasteiger partial charge in [-0.2, -0.15) is 0 Å². The average Bonchev–Trinajstić information content (AvgIpc) is 2.79. The second kappa shape index (κ2) is 4.35. The molecule has 3 fully saturated rings. The van der Waals surface area contributed by atoms with E-state index in [9.17, 15) is 5.11 Å². The van der Waals surface area contributed by atoms with Crippen molar-refractivity contribution < 1.29 is 9.84 Å². The van der Waals surface area contributed by atoms with Crippen molar-refractivity contribution >= 4 is 0 Å². The Morgan fingerprint density at radius 1 is 1.14 bits per heavy atom. The van der Waals surface area contributed by atoms with Gasteiger partial charge < -0.3 is 9.84 Å². The summed E-state index contributed by atoms with van der Waals surface area (Å²) in [4.78, 5) is 0. The quantitative estimate of drug-likeness (QED) is 0.681. The molecule has 0 radical (unpaired) electrons. The lowest BCUT2D eigenvalue weighted by Gasteiger charge is -2.59. The summed E-state index contributed by atoms with van der Waals surface area (Å²) in [6.45, 7) is 7.89. The van der Waals surface area contributed by atoms with Crippen molar-refractivity contribution in [3.63, 3.8) is 0 Å². The molecule has 2 saturated carbocycles. The highest BCUT2D eigenvalue weighted by atomic mass is 16.5. The molecule has 118 valence electrons. The highest BCUT2D eigenvalue weighted by Crippen LogP contribution is 2.63. The van der Waals surface area contributed by atoms with Gasteiger partial charge in [0.25, 0.3) is 0 Å². The Labute approximate surface area is 129 Å². The summed E-state index contributed by atoms with van der Waals surface area (Å²) < 4.78 is 6.18. The number of hydrogen-bond donors (Lipinski definition) is 1. The zero-order valence-electron chi connectivity index (χ0n) is 13.8. The fourth-order valence-corrected chi connectivity index (χ4v) is 6.36. The Kier molecular flexibility index (Phi) is 2.96. The third-order valence-corrected chi connectivity index (χ3v) is 7.63. The van der Waals surface area contributed by atoms with E-state index >= 15 is 0 Å². The van der Waals surface area contributed by atoms with Gasteiger partial charge in [0, 0.05) is 6.61 Å². The number of rotatable bonds is 0. The standard InChI is InChI=1S/C19H30O2/c1-17-10-7-14-13(16(17)21-12-11-17)5-6-15-18(14,2)8-4-9-19(15,3)20/h5,14-16,20H,4,6-12H2,1-3H3/t14-,15+,16-,17+,18+,19-/m0/s1. The summed E-state index contributed by atoms with van der Waals surface area (Å²) in [7, 11) is 0. The van der Waals surface area contributed by atoms with Gasteiger partial charge in [0.05, 0.1) is 11.7 Å². The SMILES string of the molecule is C[C@@]12CCO[C@H]1C1=CC[C@@H]3[C@](C)(CCC[C@]3(C)O)[C@H]1CC2. The number of aliphatic hydroxyl groups is 1. The Morgan fingerprint density at radius 3 is 2.76 bits per heavy atom. The molecule has 0 aromatic heterocycles. The van der Waals surface area contributed by atoms with E-state index < -0.39 is 5.60 Å². The molecule has 1 heterocycles. The van der Waals surface area contributed by atoms with Crippen LogP contribution in [-0.2, 0) is 4.74 Å². The first-order valence-electron chi connectivity index (χ1n) is 8.91. The number of hydrogen-bond acceptors (Lipinski definition) is 2. The molecule has 1 N–H and O–H groups in total. The van der Waals surface area contributed by atoms with Gasteiger partial charge >= 0.3 is 0 Å². The monoisotopic (exact) mass is 290 g/mol. The van der Waals surface area contributed by atoms with Gasteiger partial charge in [-0.05, 0) is 73.7 Å². The molecule has 2 nitrogen and oxygen atoms in total. The zero-order chi connectivity index (χ0) is 14.9. The molecule has 0 unspecified atom stereocenters. The minimum Gasteiger partial charge on any atom is -0.390 e. The van der Waals surface area contributed by atoms with Gasteiger partial charge in [-0.3, -0.25) is 0 Å². The largest absolute Gasteiger partial charge is 0.390 e. The van der Waals surface area contributed by atoms with Crippen LogP contribution in [0.5, 0.6) is 0 Å². The summed E-state index contributed by atoms with van der Waals surface area (Å²) in [6.07, 6.45) is 11.1. The van der Waals surface area contributed by atoms with E-state index in [1.165, 1.54) is 32.1 Å². The number of ether oxygens (including phenoxy) is 1. The van der Waals surface area contributed by atoms with Crippen LogP contribution in [0.2, 0.25) is 0 Å². The molecule has 0 spiro atoms. The summed E-state index contributed by atoms with van der Waals surface area (Å²) in [5.41, 5.74) is 1.77. The third kappa shape index (κ3) is 1.84. The van der Waals surface area contributed by atoms with Crippen molar-refractivity contribution in [2.45, 2.75) is 77.4 Å². The minimum absolute atomic E-state index is 0.277. The first-order chi connectivity index (χ1) is 9.87. The molecule has 3 aliphatic carbocycles. The van der Waals surface area contributed by atoms with Crippen molar-refractivity contribution in [2.75, 3.05) is 6.61 Å². The smallest absolute Gasteiger partial charge is 0.0842 e. The Morgan fingerprint density at radius 2 is 1.95 bits per heavy atom. The van der Waals surface area contributed by atoms with Crippen molar-refractivity contribution in [3.8, 4) is 0 Å². The van der Waals surface area contributed by atoms with Gasteiger partial charge in [-0.15, -0.1) is 0 Å². The topological polar surface area (TPSA) is 29.5 Å². The highest BCUT2D eigenvalue weighted by Gasteiger charge is 2.58. The Bertz CT molecular complexity index is 480. The molecule has 0 aromatic carbocycles. The van der Waals surface area contributed by atoms with Crippen LogP contribution in [0, 0.1) is 22.7 Å². The zero-order valence-corrected chi connectivity index (χ0v) is 13.8. The van der Waals surface area contributed by atoms with Crippen LogP contribution in [0.25, 0.3) is 0 Å². The van der Waals surface area contributed by atoms with Crippen LogP contribution in [0.3, 0.4) is 0 Å². The van der Waals surface area contributed by atoms with E-state index in [-0.39, 0.29) is 5.41 Å². The average molecular weight is 290 g/mol. The maximum Gasteiger partial charge on any atom is 0.0842 e. The molecule has 4 rings (SSSR count). The molecule has 21 heavy (non-hydrogen) atoms. The van der Waals surface area contributed by atoms with Crippen LogP contribution in [0.15, 0.2) is 11.6 Å². The lowest BCUT2D eigenvalue weighted by atomic mass is 9.47. The van der Waals surface area contributed by atoms with Crippen LogP contribution in [-0.4, -0.2) is 23.4 Å². The molecule has 4 aliphatic rings. The first kappa shape index (κ1) is 14.3. The van der Waals surface area contributed by atoms with Crippen molar-refractivity contribution in [1.29, 1.82) is 0 Å². The lowest BCUT2D eigenvalue weighted by Crippen LogP contribution is -2.56. The summed E-state index contributed by atoms with van der Waals surface area (Å²) in [5, 5.41) is 10.9. The van der Waals surface area contributed by atoms with Crippen LogP contribution >= 0.6 is 0 Å². The molecule has 2 heteroatoms. The minimum atomic E-state index is -0.480. The second-order valence-corrected chi connectivity index (χ2v) is 8.96. The first-order valence-corrected chi connectivity index (χ1v) is 8.91. The predicted octanol–water partition coefficient (Wildman–Crippen LogP) is 4.08. The molecule has 6 atom stereocenters. The van der Waals surface area contributed by atoms with Gasteiger partial charge in [0.15, 0.2) is 0 Å². The van der Waals surface area contributed by atoms with E-state index in [2.05, 4.69) is 26.8 Å². The summed E-state index contributed by atoms with van der Waals surface area (Å²) in [6, 6.07) is 0. The second-order valence-electron chi connectivity index (χ2n) is 8.96. The van der Waals surface area contributed by atoms with Crippen LogP contribution in [0.1, 0.15) is 65.7 Å².